The molecule has 0 unspecified atom stereocenters. The number of carbonyl (C=O) groups excluding carboxylic acids is 1. The Morgan fingerprint density at radius 1 is 0.878 bits per heavy atom. The predicted molar refractivity (Wildman–Crippen MR) is 205 cm³/mol. The van der Waals surface area contributed by atoms with Crippen LogP contribution in [0, 0.1) is 23.8 Å². The molecule has 0 aliphatic carbocycles. The SMILES string of the molecule is CCC(C)(CC)C(=O)/C=C(\O)C(C)(CC)CC.Cc1cc2cc3oc4ccnc(-c5[c-]c6ccccc6c(C(C)(C)C)c5)c4c3cc2s1.[Ir]. The van der Waals surface area contributed by atoms with Crippen molar-refractivity contribution in [2.45, 2.75) is 100 Å². The molecule has 1 radical (unpaired) electrons. The van der Waals surface area contributed by atoms with E-state index in [2.05, 4.69) is 82.3 Å². The summed E-state index contributed by atoms with van der Waals surface area (Å²) < 4.78 is 7.55. The molecule has 0 amide bonds. The number of benzene rings is 3. The van der Waals surface area contributed by atoms with Crippen molar-refractivity contribution in [1.82, 2.24) is 4.98 Å². The largest absolute Gasteiger partial charge is 0.512 e. The molecule has 0 atom stereocenters. The topological polar surface area (TPSA) is 63.3 Å². The fourth-order valence-electron chi connectivity index (χ4n) is 6.25. The molecule has 6 aromatic rings. The van der Waals surface area contributed by atoms with Gasteiger partial charge in [0.1, 0.15) is 16.9 Å². The van der Waals surface area contributed by atoms with Gasteiger partial charge in [0.25, 0.3) is 0 Å². The van der Waals surface area contributed by atoms with Crippen molar-refractivity contribution < 1.29 is 34.4 Å². The van der Waals surface area contributed by atoms with E-state index in [0.717, 1.165) is 64.3 Å². The molecule has 3 aromatic heterocycles. The van der Waals surface area contributed by atoms with E-state index >= 15 is 0 Å². The van der Waals surface area contributed by atoms with Gasteiger partial charge < -0.3 is 9.52 Å². The summed E-state index contributed by atoms with van der Waals surface area (Å²) in [5.74, 6) is 0.286. The number of nitrogens with zero attached hydrogens (tertiary/aromatic N) is 1. The van der Waals surface area contributed by atoms with Gasteiger partial charge in [-0.05, 0) is 67.7 Å². The minimum Gasteiger partial charge on any atom is -0.512 e. The molecular weight excluding hydrogens is 803 g/mol. The first-order valence-electron chi connectivity index (χ1n) is 17.3. The van der Waals surface area contributed by atoms with Crippen LogP contribution in [0.4, 0.5) is 0 Å². The van der Waals surface area contributed by atoms with Gasteiger partial charge in [0.15, 0.2) is 5.78 Å². The second-order valence-corrected chi connectivity index (χ2v) is 16.0. The number of thiophene rings is 1. The number of aryl methyl sites for hydroxylation is 1. The van der Waals surface area contributed by atoms with Crippen LogP contribution in [0.5, 0.6) is 0 Å². The molecule has 0 fully saturated rings. The number of hydrogen-bond donors (Lipinski definition) is 1. The van der Waals surface area contributed by atoms with Crippen LogP contribution < -0.4 is 0 Å². The standard InChI is InChI=1S/C28H22NOS.C15H28O2.Ir/c1-16-11-18-14-24-21(15-25(18)31-16)26-23(30-24)9-10-29-27(26)19-12-17-7-5-6-8-20(17)22(13-19)28(2,3)4;1-7-14(5,8-2)12(16)11-13(17)15(6,9-3)10-4;/h5-11,13-15H,1-4H3;11,16H,7-10H2,1-6H3;/q-1;;/b;12-11-;. The zero-order valence-electron chi connectivity index (χ0n) is 30.6. The molecule has 6 rings (SSSR count). The maximum atomic E-state index is 12.2. The number of allylic oxidation sites excluding steroid dienone is 2. The first kappa shape index (κ1) is 38.5. The van der Waals surface area contributed by atoms with Crippen LogP contribution in [0.3, 0.4) is 0 Å². The number of fused-ring (bicyclic) bond motifs is 5. The van der Waals surface area contributed by atoms with Crippen LogP contribution in [0.15, 0.2) is 77.0 Å². The van der Waals surface area contributed by atoms with Crippen molar-refractivity contribution in [3.8, 4) is 11.3 Å². The number of aliphatic hydroxyl groups is 1. The monoisotopic (exact) mass is 853 g/mol. The van der Waals surface area contributed by atoms with Gasteiger partial charge in [-0.3, -0.25) is 9.78 Å². The van der Waals surface area contributed by atoms with E-state index in [9.17, 15) is 9.90 Å². The number of aromatic nitrogens is 1. The molecule has 0 aliphatic rings. The number of carbonyl (C=O) groups is 1. The molecule has 261 valence electrons. The van der Waals surface area contributed by atoms with Crippen LogP contribution in [-0.4, -0.2) is 15.9 Å². The number of aliphatic hydroxyl groups excluding tert-OH is 1. The zero-order valence-corrected chi connectivity index (χ0v) is 33.8. The Balaban J connectivity index is 0.000000260. The summed E-state index contributed by atoms with van der Waals surface area (Å²) in [4.78, 5) is 18.3. The van der Waals surface area contributed by atoms with Crippen molar-refractivity contribution in [3.05, 3.63) is 89.1 Å². The van der Waals surface area contributed by atoms with Gasteiger partial charge in [-0.25, -0.2) is 0 Å². The van der Waals surface area contributed by atoms with E-state index in [1.54, 1.807) is 0 Å². The average molecular weight is 853 g/mol. The average Bonchev–Trinajstić information content (AvgIpc) is 3.63. The minimum atomic E-state index is -0.337. The van der Waals surface area contributed by atoms with Gasteiger partial charge in [-0.1, -0.05) is 91.5 Å². The molecular formula is C43H50IrNO3S-. The van der Waals surface area contributed by atoms with Crippen LogP contribution in [0.2, 0.25) is 0 Å². The second-order valence-electron chi connectivity index (χ2n) is 14.7. The summed E-state index contributed by atoms with van der Waals surface area (Å²) in [6, 6.07) is 23.0. The van der Waals surface area contributed by atoms with E-state index in [1.165, 1.54) is 32.0 Å². The van der Waals surface area contributed by atoms with Gasteiger partial charge in [0.05, 0.1) is 0 Å². The molecule has 49 heavy (non-hydrogen) atoms. The first-order chi connectivity index (χ1) is 22.7. The summed E-state index contributed by atoms with van der Waals surface area (Å²) in [6.07, 6.45) is 6.59. The maximum Gasteiger partial charge on any atom is 0.164 e. The molecule has 4 nitrogen and oxygen atoms in total. The van der Waals surface area contributed by atoms with E-state index in [0.29, 0.717) is 0 Å². The van der Waals surface area contributed by atoms with E-state index < -0.39 is 0 Å². The van der Waals surface area contributed by atoms with Crippen molar-refractivity contribution in [1.29, 1.82) is 0 Å². The van der Waals surface area contributed by atoms with Gasteiger partial charge in [-0.2, -0.15) is 0 Å². The van der Waals surface area contributed by atoms with Crippen molar-refractivity contribution in [2.24, 2.45) is 10.8 Å². The maximum absolute atomic E-state index is 12.2. The number of rotatable bonds is 8. The van der Waals surface area contributed by atoms with E-state index in [1.807, 2.05) is 65.1 Å². The number of pyridine rings is 1. The zero-order chi connectivity index (χ0) is 35.0. The smallest absolute Gasteiger partial charge is 0.164 e. The van der Waals surface area contributed by atoms with Crippen LogP contribution in [0.1, 0.15) is 98.4 Å². The number of hydrogen-bond acceptors (Lipinski definition) is 5. The van der Waals surface area contributed by atoms with Crippen LogP contribution in [-0.2, 0) is 30.3 Å². The molecule has 0 spiro atoms. The predicted octanol–water partition coefficient (Wildman–Crippen LogP) is 13.1. The fraction of sp³-hybridized carbons (Fsp3) is 0.395. The minimum absolute atomic E-state index is 0. The molecule has 3 heterocycles. The Hall–Kier alpha value is -3.31. The first-order valence-corrected chi connectivity index (χ1v) is 18.1. The number of furan rings is 1. The summed E-state index contributed by atoms with van der Waals surface area (Å²) >= 11 is 1.82. The van der Waals surface area contributed by atoms with Gasteiger partial charge in [0.2, 0.25) is 0 Å². The summed E-state index contributed by atoms with van der Waals surface area (Å²) in [7, 11) is 0. The number of ketones is 1. The Morgan fingerprint density at radius 2 is 1.53 bits per heavy atom. The molecule has 1 N–H and O–H groups in total. The van der Waals surface area contributed by atoms with Gasteiger partial charge in [0, 0.05) is 69.3 Å². The van der Waals surface area contributed by atoms with Gasteiger partial charge in [-0.15, -0.1) is 40.5 Å². The summed E-state index contributed by atoms with van der Waals surface area (Å²) in [5, 5.41) is 15.9. The third-order valence-corrected chi connectivity index (χ3v) is 11.6. The molecule has 0 bridgehead atoms. The molecule has 0 saturated carbocycles. The third kappa shape index (κ3) is 7.57. The second kappa shape index (κ2) is 14.9. The Morgan fingerprint density at radius 3 is 2.16 bits per heavy atom. The van der Waals surface area contributed by atoms with Crippen molar-refractivity contribution in [3.63, 3.8) is 0 Å². The Bertz CT molecular complexity index is 2140. The molecule has 6 heteroatoms. The normalized spacial score (nSPS) is 12.7. The van der Waals surface area contributed by atoms with E-state index in [-0.39, 0.29) is 47.9 Å². The van der Waals surface area contributed by atoms with Gasteiger partial charge >= 0.3 is 0 Å². The summed E-state index contributed by atoms with van der Waals surface area (Å²) in [5.41, 5.74) is 4.43. The van der Waals surface area contributed by atoms with Crippen molar-refractivity contribution in [2.75, 3.05) is 0 Å². The van der Waals surface area contributed by atoms with E-state index in [4.69, 9.17) is 9.40 Å². The Kier molecular flexibility index (Phi) is 11.7. The third-order valence-electron chi connectivity index (χ3n) is 10.6. The summed E-state index contributed by atoms with van der Waals surface area (Å²) in [6.45, 7) is 21.0. The van der Waals surface area contributed by atoms with Crippen LogP contribution >= 0.6 is 11.3 Å². The van der Waals surface area contributed by atoms with Crippen molar-refractivity contribution >= 4 is 59.9 Å². The molecule has 3 aromatic carbocycles. The quantitative estimate of drug-likeness (QED) is 0.0941. The van der Waals surface area contributed by atoms with Crippen LogP contribution in [0.25, 0.3) is 54.1 Å². The molecule has 0 aliphatic heterocycles. The fourth-order valence-corrected chi connectivity index (χ4v) is 7.20. The molecule has 0 saturated heterocycles. The Labute approximate surface area is 309 Å².